The molecule has 0 aliphatic carbocycles. The summed E-state index contributed by atoms with van der Waals surface area (Å²) in [4.78, 5) is 18.0. The van der Waals surface area contributed by atoms with E-state index in [1.165, 1.54) is 20.3 Å². The van der Waals surface area contributed by atoms with E-state index in [2.05, 4.69) is 4.98 Å². The minimum absolute atomic E-state index is 0.0377. The second-order valence-electron chi connectivity index (χ2n) is 7.97. The van der Waals surface area contributed by atoms with Gasteiger partial charge in [0.1, 0.15) is 22.8 Å². The molecule has 0 atom stereocenters. The van der Waals surface area contributed by atoms with Gasteiger partial charge in [0.25, 0.3) is 0 Å². The number of rotatable bonds is 12. The minimum Gasteiger partial charge on any atom is -0.496 e. The van der Waals surface area contributed by atoms with E-state index in [-0.39, 0.29) is 24.9 Å². The van der Waals surface area contributed by atoms with Crippen molar-refractivity contribution in [3.8, 4) is 17.2 Å². The largest absolute Gasteiger partial charge is 0.496 e. The van der Waals surface area contributed by atoms with Gasteiger partial charge >= 0.3 is 0 Å². The molecular formula is C28H31NO6. The van der Waals surface area contributed by atoms with E-state index in [9.17, 15) is 4.79 Å². The molecule has 0 aliphatic heterocycles. The highest BCUT2D eigenvalue weighted by Gasteiger charge is 2.25. The lowest BCUT2D eigenvalue weighted by Gasteiger charge is -2.20. The molecule has 0 aliphatic rings. The van der Waals surface area contributed by atoms with Crippen molar-refractivity contribution in [2.24, 2.45) is 0 Å². The highest BCUT2D eigenvalue weighted by atomic mass is 16.7. The van der Waals surface area contributed by atoms with Gasteiger partial charge in [0.15, 0.2) is 19.4 Å². The molecule has 1 heterocycles. The highest BCUT2D eigenvalue weighted by molar-refractivity contribution is 6.11. The highest BCUT2D eigenvalue weighted by Crippen LogP contribution is 2.41. The van der Waals surface area contributed by atoms with Crippen LogP contribution in [0.3, 0.4) is 0 Å². The lowest BCUT2D eigenvalue weighted by molar-refractivity contribution is 0.0441. The van der Waals surface area contributed by atoms with E-state index < -0.39 is 0 Å². The number of fused-ring (bicyclic) bond motifs is 1. The summed E-state index contributed by atoms with van der Waals surface area (Å²) >= 11 is 0. The van der Waals surface area contributed by atoms with Gasteiger partial charge in [-0.15, -0.1) is 0 Å². The third kappa shape index (κ3) is 6.47. The maximum atomic E-state index is 13.5. The molecule has 7 heteroatoms. The predicted octanol–water partition coefficient (Wildman–Crippen LogP) is 5.61. The van der Waals surface area contributed by atoms with Gasteiger partial charge < -0.3 is 23.7 Å². The molecule has 0 bridgehead atoms. The molecule has 7 nitrogen and oxygen atoms in total. The standard InChI is InChI=1S/C28H31NO6/c1-19(2)11-13-22-24(34-17-31-3)16-25(33-5)26(28(22)35-18-32-4)23(30)14-12-21-9-6-8-20-10-7-15-29-27(20)21/h6-12,14-16H,13,17-18H2,1-5H3/b14-12+. The van der Waals surface area contributed by atoms with E-state index in [4.69, 9.17) is 23.7 Å². The molecule has 2 aromatic carbocycles. The van der Waals surface area contributed by atoms with Crippen LogP contribution in [-0.4, -0.2) is 45.7 Å². The number of benzene rings is 2. The van der Waals surface area contributed by atoms with Crippen molar-refractivity contribution < 1.29 is 28.5 Å². The van der Waals surface area contributed by atoms with Crippen molar-refractivity contribution in [2.45, 2.75) is 20.3 Å². The Labute approximate surface area is 205 Å². The number of aromatic nitrogens is 1. The van der Waals surface area contributed by atoms with E-state index in [0.717, 1.165) is 22.0 Å². The number of carbonyl (C=O) groups is 1. The Balaban J connectivity index is 2.13. The summed E-state index contributed by atoms with van der Waals surface area (Å²) in [6.45, 7) is 4.00. The zero-order valence-corrected chi connectivity index (χ0v) is 20.8. The number of pyridine rings is 1. The minimum atomic E-state index is -0.280. The molecule has 3 rings (SSSR count). The number of hydrogen-bond donors (Lipinski definition) is 0. The van der Waals surface area contributed by atoms with Crippen molar-refractivity contribution in [1.29, 1.82) is 0 Å². The molecule has 0 fully saturated rings. The lowest BCUT2D eigenvalue weighted by atomic mass is 9.98. The van der Waals surface area contributed by atoms with E-state index in [1.54, 1.807) is 25.4 Å². The molecule has 0 unspecified atom stereocenters. The molecule has 35 heavy (non-hydrogen) atoms. The number of allylic oxidation sites excluding steroid dienone is 3. The third-order valence-electron chi connectivity index (χ3n) is 5.22. The first kappa shape index (κ1) is 25.9. The Kier molecular flexibility index (Phi) is 9.40. The Bertz CT molecular complexity index is 1220. The van der Waals surface area contributed by atoms with Gasteiger partial charge in [-0.3, -0.25) is 9.78 Å². The van der Waals surface area contributed by atoms with Crippen LogP contribution in [0.4, 0.5) is 0 Å². The molecule has 1 aromatic heterocycles. The summed E-state index contributed by atoms with van der Waals surface area (Å²) in [5, 5.41) is 0.993. The molecule has 3 aromatic rings. The van der Waals surface area contributed by atoms with Crippen LogP contribution in [0.1, 0.15) is 35.3 Å². The first-order valence-corrected chi connectivity index (χ1v) is 11.2. The second-order valence-corrected chi connectivity index (χ2v) is 7.97. The summed E-state index contributed by atoms with van der Waals surface area (Å²) in [6, 6.07) is 11.4. The number of ketones is 1. The summed E-state index contributed by atoms with van der Waals surface area (Å²) in [6.07, 6.45) is 7.51. The van der Waals surface area contributed by atoms with E-state index in [1.807, 2.05) is 50.3 Å². The van der Waals surface area contributed by atoms with Crippen LogP contribution in [0.5, 0.6) is 17.2 Å². The van der Waals surface area contributed by atoms with Crippen molar-refractivity contribution >= 4 is 22.8 Å². The molecule has 0 saturated heterocycles. The predicted molar refractivity (Wildman–Crippen MR) is 136 cm³/mol. The normalized spacial score (nSPS) is 11.0. The van der Waals surface area contributed by atoms with Gasteiger partial charge in [-0.05, 0) is 38.5 Å². The smallest absolute Gasteiger partial charge is 0.193 e. The monoisotopic (exact) mass is 477 g/mol. The zero-order chi connectivity index (χ0) is 25.2. The third-order valence-corrected chi connectivity index (χ3v) is 5.22. The van der Waals surface area contributed by atoms with Crippen LogP contribution in [0.25, 0.3) is 17.0 Å². The number of carbonyl (C=O) groups excluding carboxylic acids is 1. The Morgan fingerprint density at radius 3 is 2.43 bits per heavy atom. The fourth-order valence-corrected chi connectivity index (χ4v) is 3.59. The van der Waals surface area contributed by atoms with Gasteiger partial charge in [-0.25, -0.2) is 0 Å². The maximum Gasteiger partial charge on any atom is 0.193 e. The number of methoxy groups -OCH3 is 3. The fourth-order valence-electron chi connectivity index (χ4n) is 3.59. The van der Waals surface area contributed by atoms with Crippen LogP contribution in [0.2, 0.25) is 0 Å². The summed E-state index contributed by atoms with van der Waals surface area (Å²) in [5.74, 6) is 0.901. The van der Waals surface area contributed by atoms with Gasteiger partial charge in [0, 0.05) is 43.0 Å². The second kappa shape index (κ2) is 12.7. The van der Waals surface area contributed by atoms with Crippen LogP contribution >= 0.6 is 0 Å². The SMILES string of the molecule is COCOc1cc(OC)c(C(=O)/C=C/c2cccc3cccnc23)c(OCOC)c1CC=C(C)C. The van der Waals surface area contributed by atoms with Crippen LogP contribution in [0, 0.1) is 0 Å². The molecule has 0 saturated carbocycles. The van der Waals surface area contributed by atoms with Gasteiger partial charge in [-0.1, -0.05) is 35.9 Å². The molecule has 0 spiro atoms. The van der Waals surface area contributed by atoms with Crippen molar-refractivity contribution in [3.05, 3.63) is 77.0 Å². The summed E-state index contributed by atoms with van der Waals surface area (Å²) in [7, 11) is 4.56. The van der Waals surface area contributed by atoms with Crippen LogP contribution < -0.4 is 14.2 Å². The maximum absolute atomic E-state index is 13.5. The summed E-state index contributed by atoms with van der Waals surface area (Å²) in [5.41, 5.74) is 3.75. The van der Waals surface area contributed by atoms with Gasteiger partial charge in [0.2, 0.25) is 0 Å². The Morgan fingerprint density at radius 1 is 0.971 bits per heavy atom. The quantitative estimate of drug-likeness (QED) is 0.145. The van der Waals surface area contributed by atoms with E-state index in [0.29, 0.717) is 29.2 Å². The molecule has 0 N–H and O–H groups in total. The molecule has 0 amide bonds. The number of ether oxygens (including phenoxy) is 5. The molecule has 184 valence electrons. The Hall–Kier alpha value is -3.68. The van der Waals surface area contributed by atoms with Crippen molar-refractivity contribution in [3.63, 3.8) is 0 Å². The van der Waals surface area contributed by atoms with Crippen molar-refractivity contribution in [1.82, 2.24) is 4.98 Å². The summed E-state index contributed by atoms with van der Waals surface area (Å²) < 4.78 is 27.6. The fraction of sp³-hybridized carbons (Fsp3) is 0.286. The zero-order valence-electron chi connectivity index (χ0n) is 20.8. The number of hydrogen-bond acceptors (Lipinski definition) is 7. The first-order chi connectivity index (χ1) is 17.0. The van der Waals surface area contributed by atoms with Crippen LogP contribution in [0.15, 0.2) is 60.3 Å². The topological polar surface area (TPSA) is 76.1 Å². The van der Waals surface area contributed by atoms with Crippen LogP contribution in [-0.2, 0) is 15.9 Å². The number of nitrogens with zero attached hydrogens (tertiary/aromatic N) is 1. The van der Waals surface area contributed by atoms with Crippen molar-refractivity contribution in [2.75, 3.05) is 34.9 Å². The lowest BCUT2D eigenvalue weighted by Crippen LogP contribution is -2.12. The van der Waals surface area contributed by atoms with E-state index >= 15 is 0 Å². The molecular weight excluding hydrogens is 446 g/mol. The first-order valence-electron chi connectivity index (χ1n) is 11.2. The van der Waals surface area contributed by atoms with Gasteiger partial charge in [0.05, 0.1) is 12.6 Å². The Morgan fingerprint density at radius 2 is 1.71 bits per heavy atom. The average Bonchev–Trinajstić information content (AvgIpc) is 2.87. The number of para-hydroxylation sites is 1. The molecule has 0 radical (unpaired) electrons. The van der Waals surface area contributed by atoms with Gasteiger partial charge in [-0.2, -0.15) is 0 Å². The average molecular weight is 478 g/mol.